The third-order valence-corrected chi connectivity index (χ3v) is 5.91. The van der Waals surface area contributed by atoms with Gasteiger partial charge in [0.1, 0.15) is 10.9 Å². The van der Waals surface area contributed by atoms with E-state index in [1.807, 2.05) is 40.7 Å². The Morgan fingerprint density at radius 3 is 2.53 bits per heavy atom. The van der Waals surface area contributed by atoms with Crippen LogP contribution >= 0.6 is 11.6 Å². The normalized spacial score (nSPS) is 16.5. The van der Waals surface area contributed by atoms with Crippen LogP contribution in [0.25, 0.3) is 4.95 Å². The third kappa shape index (κ3) is 5.15. The fourth-order valence-electron chi connectivity index (χ4n) is 3.97. The Hall–Kier alpha value is -3.58. The van der Waals surface area contributed by atoms with E-state index in [1.54, 1.807) is 0 Å². The molecule has 4 rings (SSSR count). The maximum Gasteiger partial charge on any atom is 0.416 e. The second-order valence-corrected chi connectivity index (χ2v) is 8.33. The zero-order valence-electron chi connectivity index (χ0n) is 18.2. The number of benzene rings is 2. The minimum absolute atomic E-state index is 0.198. The van der Waals surface area contributed by atoms with Crippen molar-refractivity contribution in [2.75, 3.05) is 11.9 Å². The number of nitrogens with zero attached hydrogens (tertiary/aromatic N) is 6. The second-order valence-electron chi connectivity index (χ2n) is 7.89. The molecule has 3 aromatic rings. The Kier molecular flexibility index (Phi) is 6.75. The van der Waals surface area contributed by atoms with Gasteiger partial charge in [0.25, 0.3) is 5.96 Å². The molecule has 0 spiro atoms. The van der Waals surface area contributed by atoms with Crippen LogP contribution in [0.15, 0.2) is 53.6 Å². The highest BCUT2D eigenvalue weighted by Crippen LogP contribution is 2.33. The van der Waals surface area contributed by atoms with Crippen LogP contribution in [0.5, 0.6) is 0 Å². The molecule has 1 fully saturated rings. The van der Waals surface area contributed by atoms with Crippen molar-refractivity contribution in [1.29, 1.82) is 0 Å². The molecule has 1 saturated heterocycles. The quantitative estimate of drug-likeness (QED) is 0.220. The van der Waals surface area contributed by atoms with E-state index in [1.165, 1.54) is 12.1 Å². The van der Waals surface area contributed by atoms with Crippen molar-refractivity contribution >= 4 is 23.2 Å². The van der Waals surface area contributed by atoms with E-state index in [9.17, 15) is 13.2 Å². The van der Waals surface area contributed by atoms with E-state index in [4.69, 9.17) is 18.2 Å². The molecule has 1 atom stereocenters. The molecule has 1 N–H and O–H groups in total. The average molecular weight is 488 g/mol. The molecule has 0 bridgehead atoms. The summed E-state index contributed by atoms with van der Waals surface area (Å²) in [6.07, 6.45) is -2.81. The van der Waals surface area contributed by atoms with E-state index in [2.05, 4.69) is 25.6 Å². The molecule has 2 aromatic carbocycles. The highest BCUT2D eigenvalue weighted by molar-refractivity contribution is 6.30. The SMILES string of the molecule is [C-]#[N+]/N=C(/Nc1ccc(C(F)(F)F)cc1)N1CCC[C@@H]1c1nnc(C)n1Cc1ccc(Cl)cc1. The Bertz CT molecular complexity index is 1210. The molecular formula is C23H21ClF3N7. The lowest BCUT2D eigenvalue weighted by Crippen LogP contribution is -2.37. The molecule has 176 valence electrons. The lowest BCUT2D eigenvalue weighted by Gasteiger charge is -2.26. The Morgan fingerprint density at radius 2 is 1.88 bits per heavy atom. The summed E-state index contributed by atoms with van der Waals surface area (Å²) in [5.74, 6) is 1.74. The first kappa shape index (κ1) is 23.6. The van der Waals surface area contributed by atoms with Gasteiger partial charge in [-0.1, -0.05) is 23.7 Å². The minimum atomic E-state index is -4.42. The van der Waals surface area contributed by atoms with Crippen LogP contribution in [-0.4, -0.2) is 32.2 Å². The molecule has 0 unspecified atom stereocenters. The predicted molar refractivity (Wildman–Crippen MR) is 123 cm³/mol. The van der Waals surface area contributed by atoms with E-state index < -0.39 is 11.7 Å². The fourth-order valence-corrected chi connectivity index (χ4v) is 4.10. The summed E-state index contributed by atoms with van der Waals surface area (Å²) in [6.45, 7) is 10.3. The topological polar surface area (TPSA) is 62.7 Å². The summed E-state index contributed by atoms with van der Waals surface area (Å²) in [6, 6.07) is 12.0. The summed E-state index contributed by atoms with van der Waals surface area (Å²) in [4.78, 5) is 5.08. The average Bonchev–Trinajstić information content (AvgIpc) is 3.42. The van der Waals surface area contributed by atoms with Gasteiger partial charge in [-0.05, 0) is 61.7 Å². The van der Waals surface area contributed by atoms with E-state index in [0.717, 1.165) is 42.2 Å². The largest absolute Gasteiger partial charge is 0.416 e. The number of guanidine groups is 1. The molecule has 0 amide bonds. The van der Waals surface area contributed by atoms with Gasteiger partial charge in [0, 0.05) is 17.3 Å². The molecule has 1 aliphatic heterocycles. The number of aromatic nitrogens is 3. The van der Waals surface area contributed by atoms with Crippen LogP contribution in [0.1, 0.15) is 41.7 Å². The molecule has 2 heterocycles. The first-order valence-electron chi connectivity index (χ1n) is 10.6. The van der Waals surface area contributed by atoms with Gasteiger partial charge in [-0.25, -0.2) is 0 Å². The smallest absolute Gasteiger partial charge is 0.326 e. The fraction of sp³-hybridized carbons (Fsp3) is 0.304. The van der Waals surface area contributed by atoms with Crippen molar-refractivity contribution in [2.45, 2.75) is 38.5 Å². The van der Waals surface area contributed by atoms with Gasteiger partial charge in [-0.3, -0.25) is 0 Å². The van der Waals surface area contributed by atoms with Gasteiger partial charge in [0.2, 0.25) is 0 Å². The highest BCUT2D eigenvalue weighted by atomic mass is 35.5. The molecule has 1 aliphatic rings. The summed E-state index contributed by atoms with van der Waals surface area (Å²) >= 11 is 6.00. The van der Waals surface area contributed by atoms with Crippen LogP contribution in [0, 0.1) is 13.5 Å². The van der Waals surface area contributed by atoms with Crippen molar-refractivity contribution in [2.24, 2.45) is 5.10 Å². The number of rotatable bonds is 4. The number of nitrogens with one attached hydrogen (secondary N) is 1. The molecule has 0 aliphatic carbocycles. The van der Waals surface area contributed by atoms with Gasteiger partial charge >= 0.3 is 6.18 Å². The monoisotopic (exact) mass is 487 g/mol. The van der Waals surface area contributed by atoms with Crippen molar-refractivity contribution in [1.82, 2.24) is 19.7 Å². The number of anilines is 1. The van der Waals surface area contributed by atoms with Crippen molar-refractivity contribution in [3.63, 3.8) is 0 Å². The number of hydrogen-bond donors (Lipinski definition) is 1. The summed E-state index contributed by atoms with van der Waals surface area (Å²) < 4.78 is 40.7. The van der Waals surface area contributed by atoms with Gasteiger partial charge in [-0.15, -0.1) is 15.2 Å². The molecule has 11 heteroatoms. The van der Waals surface area contributed by atoms with Crippen LogP contribution in [0.3, 0.4) is 0 Å². The lowest BCUT2D eigenvalue weighted by atomic mass is 10.2. The molecule has 7 nitrogen and oxygen atoms in total. The standard InChI is InChI=1S/C23H21ClF3N7/c1-15-30-31-21(34(15)14-16-5-9-18(24)10-6-16)20-4-3-13-33(20)22(32-28-2)29-19-11-7-17(8-12-19)23(25,26)27/h5-12,20H,3-4,13-14H2,1H3,(H,29,32)/t20-/m1/s1. The third-order valence-electron chi connectivity index (χ3n) is 5.65. The van der Waals surface area contributed by atoms with Gasteiger partial charge < -0.3 is 14.8 Å². The highest BCUT2D eigenvalue weighted by Gasteiger charge is 2.35. The van der Waals surface area contributed by atoms with E-state index >= 15 is 0 Å². The van der Waals surface area contributed by atoms with Crippen LogP contribution in [-0.2, 0) is 12.7 Å². The lowest BCUT2D eigenvalue weighted by molar-refractivity contribution is -0.137. The molecule has 0 saturated carbocycles. The predicted octanol–water partition coefficient (Wildman–Crippen LogP) is 5.75. The van der Waals surface area contributed by atoms with Crippen LogP contribution < -0.4 is 5.32 Å². The van der Waals surface area contributed by atoms with Crippen molar-refractivity contribution < 1.29 is 13.2 Å². The molecular weight excluding hydrogens is 467 g/mol. The van der Waals surface area contributed by atoms with E-state index in [-0.39, 0.29) is 12.0 Å². The maximum atomic E-state index is 12.9. The van der Waals surface area contributed by atoms with Crippen molar-refractivity contribution in [3.05, 3.63) is 87.9 Å². The number of aryl methyl sites for hydroxylation is 1. The summed E-state index contributed by atoms with van der Waals surface area (Å²) in [7, 11) is 0. The first-order chi connectivity index (χ1) is 16.3. The Balaban J connectivity index is 1.59. The Morgan fingerprint density at radius 1 is 1.18 bits per heavy atom. The maximum absolute atomic E-state index is 12.9. The molecule has 34 heavy (non-hydrogen) atoms. The zero-order valence-corrected chi connectivity index (χ0v) is 19.0. The zero-order chi connectivity index (χ0) is 24.3. The second kappa shape index (κ2) is 9.73. The van der Waals surface area contributed by atoms with Gasteiger partial charge in [0.05, 0.1) is 18.2 Å². The molecule has 1 aromatic heterocycles. The molecule has 0 radical (unpaired) electrons. The van der Waals surface area contributed by atoms with E-state index in [0.29, 0.717) is 23.8 Å². The number of halogens is 4. The number of alkyl halides is 3. The van der Waals surface area contributed by atoms with Crippen LogP contribution in [0.4, 0.5) is 18.9 Å². The summed E-state index contributed by atoms with van der Waals surface area (Å²) in [5, 5.41) is 16.2. The van der Waals surface area contributed by atoms with Gasteiger partial charge in [-0.2, -0.15) is 19.7 Å². The number of hydrogen-bond acceptors (Lipinski definition) is 3. The van der Waals surface area contributed by atoms with Crippen molar-refractivity contribution in [3.8, 4) is 0 Å². The van der Waals surface area contributed by atoms with Gasteiger partial charge in [0.15, 0.2) is 5.82 Å². The first-order valence-corrected chi connectivity index (χ1v) is 10.9. The number of likely N-dealkylation sites (tertiary alicyclic amines) is 1. The minimum Gasteiger partial charge on any atom is -0.326 e. The van der Waals surface area contributed by atoms with Crippen LogP contribution in [0.2, 0.25) is 5.02 Å². The summed E-state index contributed by atoms with van der Waals surface area (Å²) in [5.41, 5.74) is 0.697. The Labute approximate surface area is 199 Å².